The maximum atomic E-state index is 5.89. The highest BCUT2D eigenvalue weighted by Gasteiger charge is 2.09. The standard InChI is InChI=1S/C10H9Cl/c1-7-2-3-8-5-10(11)6-9(8)4-7/h2-4,6H,5H2,1H3. The molecule has 0 heterocycles. The van der Waals surface area contributed by atoms with Crippen LogP contribution in [0.3, 0.4) is 0 Å². The second-order valence-electron chi connectivity index (χ2n) is 2.97. The van der Waals surface area contributed by atoms with Gasteiger partial charge in [-0.3, -0.25) is 0 Å². The summed E-state index contributed by atoms with van der Waals surface area (Å²) in [7, 11) is 0. The third kappa shape index (κ3) is 1.19. The van der Waals surface area contributed by atoms with Crippen LogP contribution in [0.15, 0.2) is 23.2 Å². The summed E-state index contributed by atoms with van der Waals surface area (Å²) in [5, 5.41) is 0.950. The Labute approximate surface area is 71.5 Å². The first-order chi connectivity index (χ1) is 5.25. The van der Waals surface area contributed by atoms with E-state index >= 15 is 0 Å². The Morgan fingerprint density at radius 1 is 1.36 bits per heavy atom. The molecule has 0 bridgehead atoms. The Hall–Kier alpha value is -0.750. The minimum absolute atomic E-state index is 0.914. The van der Waals surface area contributed by atoms with Crippen LogP contribution < -0.4 is 0 Å². The van der Waals surface area contributed by atoms with Crippen molar-refractivity contribution in [1.29, 1.82) is 0 Å². The lowest BCUT2D eigenvalue weighted by Crippen LogP contribution is -1.81. The summed E-state index contributed by atoms with van der Waals surface area (Å²) in [4.78, 5) is 0. The highest BCUT2D eigenvalue weighted by molar-refractivity contribution is 6.32. The molecule has 0 fully saturated rings. The van der Waals surface area contributed by atoms with E-state index in [1.54, 1.807) is 0 Å². The van der Waals surface area contributed by atoms with Gasteiger partial charge in [-0.1, -0.05) is 35.4 Å². The predicted octanol–water partition coefficient (Wildman–Crippen LogP) is 3.13. The molecule has 0 aliphatic heterocycles. The summed E-state index contributed by atoms with van der Waals surface area (Å²) in [5.41, 5.74) is 3.93. The number of hydrogen-bond donors (Lipinski definition) is 0. The van der Waals surface area contributed by atoms with Crippen molar-refractivity contribution < 1.29 is 0 Å². The van der Waals surface area contributed by atoms with Crippen molar-refractivity contribution >= 4 is 17.7 Å². The second-order valence-corrected chi connectivity index (χ2v) is 3.46. The van der Waals surface area contributed by atoms with Gasteiger partial charge in [-0.15, -0.1) is 0 Å². The zero-order chi connectivity index (χ0) is 7.84. The summed E-state index contributed by atoms with van der Waals surface area (Å²) in [6.45, 7) is 2.10. The van der Waals surface area contributed by atoms with E-state index in [-0.39, 0.29) is 0 Å². The highest BCUT2D eigenvalue weighted by atomic mass is 35.5. The summed E-state index contributed by atoms with van der Waals surface area (Å²) in [6, 6.07) is 6.45. The van der Waals surface area contributed by atoms with E-state index in [2.05, 4.69) is 25.1 Å². The third-order valence-corrected chi connectivity index (χ3v) is 2.22. The van der Waals surface area contributed by atoms with Gasteiger partial charge >= 0.3 is 0 Å². The lowest BCUT2D eigenvalue weighted by Gasteiger charge is -1.97. The maximum absolute atomic E-state index is 5.89. The van der Waals surface area contributed by atoms with Crippen molar-refractivity contribution in [3.8, 4) is 0 Å². The van der Waals surface area contributed by atoms with Crippen LogP contribution in [0.2, 0.25) is 0 Å². The predicted molar refractivity (Wildman–Crippen MR) is 48.7 cm³/mol. The molecule has 11 heavy (non-hydrogen) atoms. The maximum Gasteiger partial charge on any atom is 0.0231 e. The third-order valence-electron chi connectivity index (χ3n) is 1.97. The molecule has 2 rings (SSSR count). The van der Waals surface area contributed by atoms with Crippen LogP contribution in [-0.4, -0.2) is 0 Å². The van der Waals surface area contributed by atoms with Crippen molar-refractivity contribution in [3.63, 3.8) is 0 Å². The quantitative estimate of drug-likeness (QED) is 0.553. The zero-order valence-corrected chi connectivity index (χ0v) is 7.15. The molecule has 1 aromatic carbocycles. The Morgan fingerprint density at radius 2 is 2.18 bits per heavy atom. The summed E-state index contributed by atoms with van der Waals surface area (Å²) < 4.78 is 0. The molecule has 0 unspecified atom stereocenters. The van der Waals surface area contributed by atoms with Crippen LogP contribution in [0.25, 0.3) is 6.08 Å². The average molecular weight is 165 g/mol. The molecule has 0 nitrogen and oxygen atoms in total. The van der Waals surface area contributed by atoms with Crippen LogP contribution in [0, 0.1) is 6.92 Å². The van der Waals surface area contributed by atoms with Crippen LogP contribution >= 0.6 is 11.6 Å². The van der Waals surface area contributed by atoms with Gasteiger partial charge in [0.25, 0.3) is 0 Å². The highest BCUT2D eigenvalue weighted by Crippen LogP contribution is 2.27. The minimum atomic E-state index is 0.914. The lowest BCUT2D eigenvalue weighted by molar-refractivity contribution is 1.27. The van der Waals surface area contributed by atoms with Gasteiger partial charge in [0, 0.05) is 11.5 Å². The molecule has 1 heteroatoms. The van der Waals surface area contributed by atoms with Crippen LogP contribution in [0.5, 0.6) is 0 Å². The summed E-state index contributed by atoms with van der Waals surface area (Å²) >= 11 is 5.89. The fourth-order valence-corrected chi connectivity index (χ4v) is 1.67. The van der Waals surface area contributed by atoms with Gasteiger partial charge in [0.1, 0.15) is 0 Å². The molecular formula is C10H9Cl. The van der Waals surface area contributed by atoms with Gasteiger partial charge in [-0.25, -0.2) is 0 Å². The van der Waals surface area contributed by atoms with Gasteiger partial charge in [-0.2, -0.15) is 0 Å². The number of fused-ring (bicyclic) bond motifs is 1. The van der Waals surface area contributed by atoms with Crippen LogP contribution in [0.4, 0.5) is 0 Å². The van der Waals surface area contributed by atoms with Crippen molar-refractivity contribution in [2.45, 2.75) is 13.3 Å². The average Bonchev–Trinajstić information content (AvgIpc) is 2.27. The second kappa shape index (κ2) is 2.38. The Kier molecular flexibility index (Phi) is 1.50. The zero-order valence-electron chi connectivity index (χ0n) is 6.39. The number of halogens is 1. The van der Waals surface area contributed by atoms with Crippen LogP contribution in [-0.2, 0) is 6.42 Å². The molecule has 0 amide bonds. The fourth-order valence-electron chi connectivity index (χ4n) is 1.41. The normalized spacial score (nSPS) is 14.5. The number of hydrogen-bond acceptors (Lipinski definition) is 0. The van der Waals surface area contributed by atoms with Gasteiger partial charge in [0.05, 0.1) is 0 Å². The lowest BCUT2D eigenvalue weighted by atomic mass is 10.1. The van der Waals surface area contributed by atoms with E-state index in [0.29, 0.717) is 0 Å². The van der Waals surface area contributed by atoms with Gasteiger partial charge < -0.3 is 0 Å². The SMILES string of the molecule is Cc1ccc2c(c1)C=C(Cl)C2. The van der Waals surface area contributed by atoms with Crippen molar-refractivity contribution in [2.75, 3.05) is 0 Å². The molecule has 0 saturated carbocycles. The molecule has 0 aromatic heterocycles. The number of aryl methyl sites for hydroxylation is 1. The van der Waals surface area contributed by atoms with Crippen molar-refractivity contribution in [1.82, 2.24) is 0 Å². The Morgan fingerprint density at radius 3 is 3.00 bits per heavy atom. The molecule has 0 spiro atoms. The molecule has 0 radical (unpaired) electrons. The number of rotatable bonds is 0. The van der Waals surface area contributed by atoms with E-state index in [0.717, 1.165) is 11.5 Å². The van der Waals surface area contributed by atoms with Crippen LogP contribution in [0.1, 0.15) is 16.7 Å². The molecule has 1 aliphatic carbocycles. The topological polar surface area (TPSA) is 0 Å². The molecule has 56 valence electrons. The smallest absolute Gasteiger partial charge is 0.0231 e. The Balaban J connectivity index is 2.54. The van der Waals surface area contributed by atoms with Gasteiger partial charge in [0.2, 0.25) is 0 Å². The number of benzene rings is 1. The van der Waals surface area contributed by atoms with E-state index in [4.69, 9.17) is 11.6 Å². The van der Waals surface area contributed by atoms with E-state index < -0.39 is 0 Å². The molecule has 0 N–H and O–H groups in total. The first-order valence-corrected chi connectivity index (χ1v) is 4.09. The molecule has 1 aliphatic rings. The van der Waals surface area contributed by atoms with Crippen molar-refractivity contribution in [3.05, 3.63) is 39.9 Å². The summed E-state index contributed by atoms with van der Waals surface area (Å²) in [5.74, 6) is 0. The molecular weight excluding hydrogens is 156 g/mol. The molecule has 1 aromatic rings. The first-order valence-electron chi connectivity index (χ1n) is 3.71. The monoisotopic (exact) mass is 164 g/mol. The number of allylic oxidation sites excluding steroid dienone is 1. The van der Waals surface area contributed by atoms with Crippen molar-refractivity contribution in [2.24, 2.45) is 0 Å². The Bertz CT molecular complexity index is 324. The molecule has 0 atom stereocenters. The molecule has 0 saturated heterocycles. The van der Waals surface area contributed by atoms with E-state index in [9.17, 15) is 0 Å². The minimum Gasteiger partial charge on any atom is -0.0888 e. The van der Waals surface area contributed by atoms with E-state index in [1.165, 1.54) is 16.7 Å². The summed E-state index contributed by atoms with van der Waals surface area (Å²) in [6.07, 6.45) is 2.96. The van der Waals surface area contributed by atoms with Gasteiger partial charge in [0.15, 0.2) is 0 Å². The first kappa shape index (κ1) is 6.93. The van der Waals surface area contributed by atoms with E-state index in [1.807, 2.05) is 6.08 Å². The fraction of sp³-hybridized carbons (Fsp3) is 0.200. The largest absolute Gasteiger partial charge is 0.0888 e. The van der Waals surface area contributed by atoms with Gasteiger partial charge in [-0.05, 0) is 24.1 Å².